The first kappa shape index (κ1) is 23.8. The van der Waals surface area contributed by atoms with E-state index in [-0.39, 0.29) is 5.75 Å². The van der Waals surface area contributed by atoms with Gasteiger partial charge in [-0.1, -0.05) is 12.1 Å². The van der Waals surface area contributed by atoms with Crippen LogP contribution in [0.2, 0.25) is 0 Å². The third-order valence-electron chi connectivity index (χ3n) is 4.12. The molecule has 0 saturated heterocycles. The molecule has 3 rings (SSSR count). The van der Waals surface area contributed by atoms with Crippen LogP contribution in [0.3, 0.4) is 0 Å². The molecule has 0 radical (unpaired) electrons. The Kier molecular flexibility index (Phi) is 6.75. The molecule has 10 heteroatoms. The molecule has 0 spiro atoms. The van der Waals surface area contributed by atoms with Crippen molar-refractivity contribution in [2.24, 2.45) is 0 Å². The second kappa shape index (κ2) is 9.35. The van der Waals surface area contributed by atoms with Gasteiger partial charge in [0.2, 0.25) is 0 Å². The van der Waals surface area contributed by atoms with Gasteiger partial charge in [-0.25, -0.2) is 14.5 Å². The number of ether oxygens (including phenoxy) is 2. The number of alkyl halides is 3. The number of allylic oxidation sites excluding steroid dienone is 1. The SMILES string of the molecule is CC(=Cc1ccc(NC(=O)OC(C)(C)C)cc1)c1ncn(-c2ccc(OC(F)(F)F)cc2)n1. The van der Waals surface area contributed by atoms with Crippen molar-refractivity contribution in [3.8, 4) is 11.4 Å². The fraction of sp³-hybridized carbons (Fsp3) is 0.261. The molecular weight excluding hydrogens is 437 g/mol. The van der Waals surface area contributed by atoms with Crippen LogP contribution in [0, 0.1) is 0 Å². The molecule has 0 aliphatic carbocycles. The number of anilines is 1. The summed E-state index contributed by atoms with van der Waals surface area (Å²) in [5, 5.41) is 7.04. The molecule has 3 aromatic rings. The van der Waals surface area contributed by atoms with E-state index < -0.39 is 18.1 Å². The van der Waals surface area contributed by atoms with Crippen molar-refractivity contribution in [2.75, 3.05) is 5.32 Å². The highest BCUT2D eigenvalue weighted by Gasteiger charge is 2.31. The lowest BCUT2D eigenvalue weighted by molar-refractivity contribution is -0.274. The van der Waals surface area contributed by atoms with Crippen molar-refractivity contribution in [3.63, 3.8) is 0 Å². The van der Waals surface area contributed by atoms with Gasteiger partial charge in [0.05, 0.1) is 5.69 Å². The van der Waals surface area contributed by atoms with Crippen molar-refractivity contribution in [1.82, 2.24) is 14.8 Å². The van der Waals surface area contributed by atoms with Crippen LogP contribution in [0.25, 0.3) is 17.3 Å². The Morgan fingerprint density at radius 1 is 1.03 bits per heavy atom. The second-order valence-electron chi connectivity index (χ2n) is 8.13. The quantitative estimate of drug-likeness (QED) is 0.500. The number of aromatic nitrogens is 3. The number of rotatable bonds is 5. The summed E-state index contributed by atoms with van der Waals surface area (Å²) in [7, 11) is 0. The lowest BCUT2D eigenvalue weighted by atomic mass is 10.1. The molecule has 33 heavy (non-hydrogen) atoms. The Bertz CT molecular complexity index is 1130. The lowest BCUT2D eigenvalue weighted by Crippen LogP contribution is -2.27. The predicted molar refractivity (Wildman–Crippen MR) is 118 cm³/mol. The van der Waals surface area contributed by atoms with Gasteiger partial charge in [-0.3, -0.25) is 5.32 Å². The molecule has 1 aromatic heterocycles. The molecule has 0 bridgehead atoms. The van der Waals surface area contributed by atoms with Crippen molar-refractivity contribution < 1.29 is 27.4 Å². The summed E-state index contributed by atoms with van der Waals surface area (Å²) in [5.74, 6) is 0.147. The van der Waals surface area contributed by atoms with Crippen LogP contribution in [0.5, 0.6) is 5.75 Å². The summed E-state index contributed by atoms with van der Waals surface area (Å²) in [6, 6.07) is 12.5. The Morgan fingerprint density at radius 2 is 1.67 bits per heavy atom. The molecule has 0 aliphatic heterocycles. The van der Waals surface area contributed by atoms with E-state index in [1.54, 1.807) is 32.9 Å². The lowest BCUT2D eigenvalue weighted by Gasteiger charge is -2.19. The number of hydrogen-bond acceptors (Lipinski definition) is 5. The van der Waals surface area contributed by atoms with E-state index in [4.69, 9.17) is 4.74 Å². The predicted octanol–water partition coefficient (Wildman–Crippen LogP) is 6.07. The molecule has 1 amide bonds. The summed E-state index contributed by atoms with van der Waals surface area (Å²) in [6.45, 7) is 7.20. The molecule has 2 aromatic carbocycles. The smallest absolute Gasteiger partial charge is 0.444 e. The number of carbonyl (C=O) groups excluding carboxylic acids is 1. The van der Waals surface area contributed by atoms with Crippen LogP contribution in [0.15, 0.2) is 54.9 Å². The number of nitrogens with zero attached hydrogens (tertiary/aromatic N) is 3. The summed E-state index contributed by atoms with van der Waals surface area (Å²) < 4.78 is 47.4. The first-order chi connectivity index (χ1) is 15.4. The molecule has 1 heterocycles. The van der Waals surface area contributed by atoms with Crippen molar-refractivity contribution in [1.29, 1.82) is 0 Å². The van der Waals surface area contributed by atoms with Gasteiger partial charge in [0.15, 0.2) is 5.82 Å². The highest BCUT2D eigenvalue weighted by atomic mass is 19.4. The number of amides is 1. The van der Waals surface area contributed by atoms with E-state index >= 15 is 0 Å². The van der Waals surface area contributed by atoms with Crippen LogP contribution in [-0.4, -0.2) is 32.8 Å². The van der Waals surface area contributed by atoms with Crippen molar-refractivity contribution in [3.05, 3.63) is 66.2 Å². The zero-order valence-corrected chi connectivity index (χ0v) is 18.5. The molecule has 0 fully saturated rings. The van der Waals surface area contributed by atoms with Crippen molar-refractivity contribution in [2.45, 2.75) is 39.7 Å². The van der Waals surface area contributed by atoms with E-state index in [2.05, 4.69) is 20.1 Å². The summed E-state index contributed by atoms with van der Waals surface area (Å²) in [5.41, 5.74) is 2.19. The minimum Gasteiger partial charge on any atom is -0.444 e. The van der Waals surface area contributed by atoms with Crippen LogP contribution in [0.4, 0.5) is 23.7 Å². The molecule has 174 valence electrons. The first-order valence-corrected chi connectivity index (χ1v) is 9.94. The normalized spacial score (nSPS) is 12.4. The van der Waals surface area contributed by atoms with Gasteiger partial charge < -0.3 is 9.47 Å². The fourth-order valence-electron chi connectivity index (χ4n) is 2.77. The van der Waals surface area contributed by atoms with E-state index in [1.807, 2.05) is 25.1 Å². The zero-order chi connectivity index (χ0) is 24.2. The molecule has 1 N–H and O–H groups in total. The minimum absolute atomic E-state index is 0.313. The number of halogens is 3. The molecular formula is C23H23F3N4O3. The van der Waals surface area contributed by atoms with Gasteiger partial charge in [0, 0.05) is 5.69 Å². The third kappa shape index (κ3) is 7.37. The summed E-state index contributed by atoms with van der Waals surface area (Å²) in [6.07, 6.45) is -1.93. The van der Waals surface area contributed by atoms with Gasteiger partial charge in [-0.05, 0) is 81.3 Å². The molecule has 7 nitrogen and oxygen atoms in total. The van der Waals surface area contributed by atoms with Gasteiger partial charge in [0.1, 0.15) is 17.7 Å². The van der Waals surface area contributed by atoms with E-state index in [1.165, 1.54) is 35.3 Å². The Hall–Kier alpha value is -3.82. The van der Waals surface area contributed by atoms with E-state index in [0.717, 1.165) is 11.1 Å². The number of hydrogen-bond donors (Lipinski definition) is 1. The molecule has 0 aliphatic rings. The Morgan fingerprint density at radius 3 is 2.24 bits per heavy atom. The Labute approximate surface area is 188 Å². The number of carbonyl (C=O) groups is 1. The Balaban J connectivity index is 1.66. The number of nitrogens with one attached hydrogen (secondary N) is 1. The standard InChI is InChI=1S/C23H23F3N4O3/c1-15(13-16-5-7-17(8-6-16)28-21(31)33-22(2,3)4)20-27-14-30(29-20)18-9-11-19(12-10-18)32-23(24,25)26/h5-14H,1-4H3,(H,28,31). The highest BCUT2D eigenvalue weighted by Crippen LogP contribution is 2.24. The summed E-state index contributed by atoms with van der Waals surface area (Å²) in [4.78, 5) is 16.1. The maximum absolute atomic E-state index is 12.3. The zero-order valence-electron chi connectivity index (χ0n) is 18.5. The van der Waals surface area contributed by atoms with Crippen molar-refractivity contribution >= 4 is 23.4 Å². The average molecular weight is 460 g/mol. The molecule has 0 unspecified atom stereocenters. The topological polar surface area (TPSA) is 78.3 Å². The second-order valence-corrected chi connectivity index (χ2v) is 8.13. The summed E-state index contributed by atoms with van der Waals surface area (Å²) >= 11 is 0. The largest absolute Gasteiger partial charge is 0.573 e. The highest BCUT2D eigenvalue weighted by molar-refractivity contribution is 5.85. The van der Waals surface area contributed by atoms with E-state index in [9.17, 15) is 18.0 Å². The maximum atomic E-state index is 12.3. The monoisotopic (exact) mass is 460 g/mol. The first-order valence-electron chi connectivity index (χ1n) is 9.94. The van der Waals surface area contributed by atoms with Crippen LogP contribution in [-0.2, 0) is 4.74 Å². The van der Waals surface area contributed by atoms with Crippen LogP contribution < -0.4 is 10.1 Å². The van der Waals surface area contributed by atoms with Gasteiger partial charge in [0.25, 0.3) is 0 Å². The van der Waals surface area contributed by atoms with Crippen LogP contribution in [0.1, 0.15) is 39.1 Å². The molecule has 0 atom stereocenters. The third-order valence-corrected chi connectivity index (χ3v) is 4.12. The van der Waals surface area contributed by atoms with Gasteiger partial charge in [-0.2, -0.15) is 0 Å². The minimum atomic E-state index is -4.74. The molecule has 0 saturated carbocycles. The van der Waals surface area contributed by atoms with E-state index in [0.29, 0.717) is 17.2 Å². The average Bonchev–Trinajstić information content (AvgIpc) is 3.18. The number of benzene rings is 2. The van der Waals surface area contributed by atoms with Gasteiger partial charge in [-0.15, -0.1) is 18.3 Å². The fourth-order valence-corrected chi connectivity index (χ4v) is 2.77. The van der Waals surface area contributed by atoms with Gasteiger partial charge >= 0.3 is 12.5 Å². The van der Waals surface area contributed by atoms with Crippen LogP contribution >= 0.6 is 0 Å². The maximum Gasteiger partial charge on any atom is 0.573 e.